The first-order chi connectivity index (χ1) is 15.1. The van der Waals surface area contributed by atoms with Gasteiger partial charge in [0.1, 0.15) is 5.52 Å². The summed E-state index contributed by atoms with van der Waals surface area (Å²) in [6.45, 7) is -0.150. The molecule has 0 spiro atoms. The van der Waals surface area contributed by atoms with Gasteiger partial charge in [-0.1, -0.05) is 35.5 Å². The number of para-hydroxylation sites is 1. The smallest absolute Gasteiger partial charge is 0.308 e. The van der Waals surface area contributed by atoms with Crippen LogP contribution in [0.4, 0.5) is 17.6 Å². The summed E-state index contributed by atoms with van der Waals surface area (Å²) in [5, 5.41) is 11.3. The number of nitrogens with one attached hydrogen (secondary N) is 1. The number of aromatic nitrogens is 6. The molecule has 0 amide bonds. The van der Waals surface area contributed by atoms with E-state index in [1.165, 1.54) is 0 Å². The number of aryl methyl sites for hydroxylation is 1. The number of carbonyl (C=O) groups is 1. The van der Waals surface area contributed by atoms with Crippen molar-refractivity contribution in [2.24, 2.45) is 0 Å². The average Bonchev–Trinajstić information content (AvgIpc) is 2.78. The van der Waals surface area contributed by atoms with Gasteiger partial charge in [0.05, 0.1) is 18.4 Å². The normalized spacial score (nSPS) is 10.7. The number of carbonyl (C=O) groups excluding carboxylic acids is 1. The molecule has 0 aliphatic rings. The summed E-state index contributed by atoms with van der Waals surface area (Å²) >= 11 is 0. The van der Waals surface area contributed by atoms with Crippen molar-refractivity contribution in [3.63, 3.8) is 0 Å². The summed E-state index contributed by atoms with van der Waals surface area (Å²) in [6, 6.07) is 16.2. The van der Waals surface area contributed by atoms with Crippen LogP contribution in [0.15, 0.2) is 59.4 Å². The molecule has 0 radical (unpaired) electrons. The minimum Gasteiger partial charge on any atom is -0.457 e. The molecular weight excluding hydrogens is 400 g/mol. The van der Waals surface area contributed by atoms with Crippen LogP contribution in [0.25, 0.3) is 10.9 Å². The van der Waals surface area contributed by atoms with Gasteiger partial charge in [-0.25, -0.2) is 4.68 Å². The number of nitrogens with two attached hydrogens (primary N) is 1. The van der Waals surface area contributed by atoms with E-state index in [1.807, 2.05) is 30.3 Å². The second-order valence-electron chi connectivity index (χ2n) is 6.47. The van der Waals surface area contributed by atoms with Gasteiger partial charge < -0.3 is 15.8 Å². The molecule has 31 heavy (non-hydrogen) atoms. The average molecular weight is 418 g/mol. The fraction of sp³-hybridized carbons (Fsp3) is 0.150. The number of ether oxygens (including phenoxy) is 1. The van der Waals surface area contributed by atoms with Crippen molar-refractivity contribution in [3.8, 4) is 0 Å². The van der Waals surface area contributed by atoms with E-state index in [4.69, 9.17) is 10.5 Å². The van der Waals surface area contributed by atoms with Crippen LogP contribution >= 0.6 is 0 Å². The van der Waals surface area contributed by atoms with Gasteiger partial charge in [-0.05, 0) is 24.3 Å². The van der Waals surface area contributed by atoms with E-state index in [0.29, 0.717) is 10.9 Å². The highest BCUT2D eigenvalue weighted by molar-refractivity contribution is 5.76. The number of nitrogen functional groups attached to an aromatic ring is 1. The first-order valence-electron chi connectivity index (χ1n) is 9.39. The highest BCUT2D eigenvalue weighted by Crippen LogP contribution is 2.13. The van der Waals surface area contributed by atoms with Crippen LogP contribution < -0.4 is 16.6 Å². The van der Waals surface area contributed by atoms with Crippen molar-refractivity contribution in [1.82, 2.24) is 29.9 Å². The molecule has 3 N–H and O–H groups in total. The van der Waals surface area contributed by atoms with E-state index in [9.17, 15) is 9.59 Å². The molecule has 2 aromatic carbocycles. The number of anilines is 3. The first kappa shape index (κ1) is 19.9. The quantitative estimate of drug-likeness (QED) is 0.422. The van der Waals surface area contributed by atoms with Crippen molar-refractivity contribution >= 4 is 34.5 Å². The number of hydrogen-bond donors (Lipinski definition) is 2. The Labute approximate surface area is 175 Å². The zero-order valence-electron chi connectivity index (χ0n) is 16.3. The molecule has 11 heteroatoms. The van der Waals surface area contributed by atoms with E-state index in [-0.39, 0.29) is 42.9 Å². The van der Waals surface area contributed by atoms with E-state index in [2.05, 4.69) is 30.6 Å². The Kier molecular flexibility index (Phi) is 5.74. The maximum Gasteiger partial charge on any atom is 0.308 e. The minimum atomic E-state index is -0.543. The third kappa shape index (κ3) is 4.96. The van der Waals surface area contributed by atoms with Crippen molar-refractivity contribution in [1.29, 1.82) is 0 Å². The number of hydrogen-bond acceptors (Lipinski definition) is 10. The Hall–Kier alpha value is -4.41. The summed E-state index contributed by atoms with van der Waals surface area (Å²) in [4.78, 5) is 36.7. The van der Waals surface area contributed by atoms with Gasteiger partial charge in [-0.2, -0.15) is 15.0 Å². The van der Waals surface area contributed by atoms with Crippen molar-refractivity contribution in [2.45, 2.75) is 19.6 Å². The molecule has 0 unspecified atom stereocenters. The van der Waals surface area contributed by atoms with Crippen LogP contribution in [0.1, 0.15) is 12.2 Å². The molecule has 0 bridgehead atoms. The SMILES string of the molecule is Nc1nc(COC(=O)CCn2nnc3ccccc3c2=O)nc(Nc2ccccc2)n1. The molecular formula is C20H18N8O3. The van der Waals surface area contributed by atoms with Crippen molar-refractivity contribution < 1.29 is 9.53 Å². The Morgan fingerprint density at radius 1 is 1.03 bits per heavy atom. The lowest BCUT2D eigenvalue weighted by Crippen LogP contribution is -2.25. The zero-order chi connectivity index (χ0) is 21.6. The fourth-order valence-corrected chi connectivity index (χ4v) is 2.79. The van der Waals surface area contributed by atoms with Crippen molar-refractivity contribution in [3.05, 3.63) is 70.8 Å². The molecule has 2 aromatic heterocycles. The Bertz CT molecular complexity index is 1280. The predicted octanol–water partition coefficient (Wildman–Crippen LogP) is 1.44. The third-order valence-corrected chi connectivity index (χ3v) is 4.25. The highest BCUT2D eigenvalue weighted by Gasteiger charge is 2.11. The fourth-order valence-electron chi connectivity index (χ4n) is 2.79. The Morgan fingerprint density at radius 3 is 2.65 bits per heavy atom. The molecule has 0 saturated heterocycles. The van der Waals surface area contributed by atoms with Crippen molar-refractivity contribution in [2.75, 3.05) is 11.1 Å². The monoisotopic (exact) mass is 418 g/mol. The van der Waals surface area contributed by atoms with Gasteiger partial charge in [0, 0.05) is 5.69 Å². The molecule has 4 aromatic rings. The largest absolute Gasteiger partial charge is 0.457 e. The Balaban J connectivity index is 1.36. The van der Waals surface area contributed by atoms with Gasteiger partial charge in [0.2, 0.25) is 11.9 Å². The predicted molar refractivity (Wildman–Crippen MR) is 112 cm³/mol. The van der Waals surface area contributed by atoms with E-state index < -0.39 is 5.97 Å². The first-order valence-corrected chi connectivity index (χ1v) is 9.39. The van der Waals surface area contributed by atoms with Gasteiger partial charge in [0.15, 0.2) is 12.4 Å². The van der Waals surface area contributed by atoms with E-state index in [1.54, 1.807) is 24.3 Å². The molecule has 4 rings (SSSR count). The van der Waals surface area contributed by atoms with Crippen LogP contribution in [-0.2, 0) is 22.7 Å². The summed E-state index contributed by atoms with van der Waals surface area (Å²) in [5.74, 6) is -0.111. The molecule has 2 heterocycles. The van der Waals surface area contributed by atoms with Gasteiger partial charge in [0.25, 0.3) is 5.56 Å². The van der Waals surface area contributed by atoms with Crippen LogP contribution in [0.5, 0.6) is 0 Å². The maximum absolute atomic E-state index is 12.4. The van der Waals surface area contributed by atoms with Crippen LogP contribution in [0.3, 0.4) is 0 Å². The maximum atomic E-state index is 12.4. The van der Waals surface area contributed by atoms with Gasteiger partial charge >= 0.3 is 5.97 Å². The molecule has 156 valence electrons. The molecule has 0 atom stereocenters. The lowest BCUT2D eigenvalue weighted by atomic mass is 10.2. The number of fused-ring (bicyclic) bond motifs is 1. The summed E-state index contributed by atoms with van der Waals surface area (Å²) in [5.41, 5.74) is 6.68. The Morgan fingerprint density at radius 2 is 1.81 bits per heavy atom. The molecule has 0 fully saturated rings. The second kappa shape index (κ2) is 8.95. The van der Waals surface area contributed by atoms with Gasteiger partial charge in [-0.15, -0.1) is 5.10 Å². The third-order valence-electron chi connectivity index (χ3n) is 4.25. The van der Waals surface area contributed by atoms with Crippen LogP contribution in [-0.4, -0.2) is 35.9 Å². The topological polar surface area (TPSA) is 151 Å². The van der Waals surface area contributed by atoms with Crippen LogP contribution in [0.2, 0.25) is 0 Å². The number of nitrogens with zero attached hydrogens (tertiary/aromatic N) is 6. The zero-order valence-corrected chi connectivity index (χ0v) is 16.3. The molecule has 0 saturated carbocycles. The molecule has 11 nitrogen and oxygen atoms in total. The summed E-state index contributed by atoms with van der Waals surface area (Å²) in [7, 11) is 0. The van der Waals surface area contributed by atoms with E-state index >= 15 is 0 Å². The summed E-state index contributed by atoms with van der Waals surface area (Å²) in [6.07, 6.45) is -0.0669. The number of benzene rings is 2. The number of esters is 1. The standard InChI is InChI=1S/C20H18N8O3/c21-19-23-16(24-20(25-19)22-13-6-2-1-3-7-13)12-31-17(29)10-11-28-18(30)14-8-4-5-9-15(14)26-27-28/h1-9H,10-12H2,(H3,21,22,23,24,25). The molecule has 0 aliphatic carbocycles. The lowest BCUT2D eigenvalue weighted by molar-refractivity contribution is -0.145. The van der Waals surface area contributed by atoms with E-state index in [0.717, 1.165) is 10.4 Å². The van der Waals surface area contributed by atoms with Crippen LogP contribution in [0, 0.1) is 0 Å². The highest BCUT2D eigenvalue weighted by atomic mass is 16.5. The minimum absolute atomic E-state index is 0.00234. The summed E-state index contributed by atoms with van der Waals surface area (Å²) < 4.78 is 6.33. The number of rotatable bonds is 7. The second-order valence-corrected chi connectivity index (χ2v) is 6.47. The lowest BCUT2D eigenvalue weighted by Gasteiger charge is -2.08. The molecule has 0 aliphatic heterocycles. The van der Waals surface area contributed by atoms with Gasteiger partial charge in [-0.3, -0.25) is 9.59 Å².